The van der Waals surface area contributed by atoms with Crippen molar-refractivity contribution < 1.29 is 14.3 Å². The standard InChI is InChI=1S/C18H22N4O3/c1-12-4-5-16(24-3)14(10-12)21-18(23)15-11-17(20-13(2)19-15)22-6-8-25-9-7-22/h4-5,10-11H,6-9H2,1-3H3,(H,21,23). The first-order valence-electron chi connectivity index (χ1n) is 8.21. The lowest BCUT2D eigenvalue weighted by Crippen LogP contribution is -2.37. The predicted molar refractivity (Wildman–Crippen MR) is 95.5 cm³/mol. The zero-order valence-electron chi connectivity index (χ0n) is 14.7. The van der Waals surface area contributed by atoms with Crippen LogP contribution in [0.2, 0.25) is 0 Å². The molecule has 1 amide bonds. The molecule has 1 aliphatic rings. The van der Waals surface area contributed by atoms with Crippen LogP contribution < -0.4 is 15.0 Å². The van der Waals surface area contributed by atoms with Crippen molar-refractivity contribution in [2.75, 3.05) is 43.6 Å². The van der Waals surface area contributed by atoms with Gasteiger partial charge < -0.3 is 19.7 Å². The van der Waals surface area contributed by atoms with E-state index < -0.39 is 0 Å². The highest BCUT2D eigenvalue weighted by molar-refractivity contribution is 6.04. The van der Waals surface area contributed by atoms with Crippen LogP contribution >= 0.6 is 0 Å². The van der Waals surface area contributed by atoms with E-state index in [4.69, 9.17) is 9.47 Å². The summed E-state index contributed by atoms with van der Waals surface area (Å²) in [6.45, 7) is 6.57. The third kappa shape index (κ3) is 4.06. The molecule has 1 saturated heterocycles. The molecule has 1 aromatic heterocycles. The van der Waals surface area contributed by atoms with Gasteiger partial charge in [-0.15, -0.1) is 0 Å². The second kappa shape index (κ2) is 7.48. The fourth-order valence-corrected chi connectivity index (χ4v) is 2.73. The molecule has 1 aromatic carbocycles. The molecule has 0 bridgehead atoms. The lowest BCUT2D eigenvalue weighted by atomic mass is 10.2. The Labute approximate surface area is 147 Å². The Morgan fingerprint density at radius 1 is 1.20 bits per heavy atom. The van der Waals surface area contributed by atoms with Gasteiger partial charge in [0.05, 0.1) is 26.0 Å². The van der Waals surface area contributed by atoms with Crippen molar-refractivity contribution in [2.24, 2.45) is 0 Å². The van der Waals surface area contributed by atoms with Crippen LogP contribution in [0.4, 0.5) is 11.5 Å². The highest BCUT2D eigenvalue weighted by atomic mass is 16.5. The lowest BCUT2D eigenvalue weighted by molar-refractivity contribution is 0.102. The second-order valence-corrected chi connectivity index (χ2v) is 5.92. The number of carbonyl (C=O) groups excluding carboxylic acids is 1. The van der Waals surface area contributed by atoms with Crippen LogP contribution in [-0.2, 0) is 4.74 Å². The first-order chi connectivity index (χ1) is 12.1. The zero-order valence-corrected chi connectivity index (χ0v) is 14.7. The first kappa shape index (κ1) is 17.2. The average molecular weight is 342 g/mol. The van der Waals surface area contributed by atoms with Crippen LogP contribution in [0.25, 0.3) is 0 Å². The van der Waals surface area contributed by atoms with E-state index in [9.17, 15) is 4.79 Å². The van der Waals surface area contributed by atoms with Crippen LogP contribution in [0.1, 0.15) is 21.9 Å². The quantitative estimate of drug-likeness (QED) is 0.918. The zero-order chi connectivity index (χ0) is 17.8. The minimum atomic E-state index is -0.288. The summed E-state index contributed by atoms with van der Waals surface area (Å²) in [5, 5.41) is 2.88. The minimum Gasteiger partial charge on any atom is -0.495 e. The monoisotopic (exact) mass is 342 g/mol. The van der Waals surface area contributed by atoms with Crippen LogP contribution in [0.15, 0.2) is 24.3 Å². The minimum absolute atomic E-state index is 0.288. The molecule has 0 radical (unpaired) electrons. The van der Waals surface area contributed by atoms with Gasteiger partial charge in [-0.2, -0.15) is 0 Å². The SMILES string of the molecule is COc1ccc(C)cc1NC(=O)c1cc(N2CCOCC2)nc(C)n1. The van der Waals surface area contributed by atoms with Gasteiger partial charge >= 0.3 is 0 Å². The maximum Gasteiger partial charge on any atom is 0.274 e. The summed E-state index contributed by atoms with van der Waals surface area (Å²) >= 11 is 0. The number of ether oxygens (including phenoxy) is 2. The summed E-state index contributed by atoms with van der Waals surface area (Å²) in [5.41, 5.74) is 1.98. The van der Waals surface area contributed by atoms with Crippen molar-refractivity contribution in [3.05, 3.63) is 41.3 Å². The number of benzene rings is 1. The molecule has 7 heteroatoms. The molecule has 1 fully saturated rings. The first-order valence-corrected chi connectivity index (χ1v) is 8.21. The normalized spacial score (nSPS) is 14.3. The largest absolute Gasteiger partial charge is 0.495 e. The fraction of sp³-hybridized carbons (Fsp3) is 0.389. The molecule has 1 aliphatic heterocycles. The Balaban J connectivity index is 1.84. The van der Waals surface area contributed by atoms with Crippen LogP contribution in [0, 0.1) is 13.8 Å². The van der Waals surface area contributed by atoms with Gasteiger partial charge in [0, 0.05) is 19.2 Å². The number of aromatic nitrogens is 2. The molecule has 1 N–H and O–H groups in total. The van der Waals surface area contributed by atoms with Gasteiger partial charge in [0.25, 0.3) is 5.91 Å². The number of aryl methyl sites for hydroxylation is 2. The van der Waals surface area contributed by atoms with Gasteiger partial charge in [-0.1, -0.05) is 6.07 Å². The number of hydrogen-bond acceptors (Lipinski definition) is 6. The Kier molecular flexibility index (Phi) is 5.14. The summed E-state index contributed by atoms with van der Waals surface area (Å²) < 4.78 is 10.7. The van der Waals surface area contributed by atoms with Crippen molar-refractivity contribution in [1.29, 1.82) is 0 Å². The number of nitrogens with one attached hydrogen (secondary N) is 1. The van der Waals surface area contributed by atoms with Crippen molar-refractivity contribution in [2.45, 2.75) is 13.8 Å². The lowest BCUT2D eigenvalue weighted by Gasteiger charge is -2.28. The predicted octanol–water partition coefficient (Wildman–Crippen LogP) is 2.19. The molecule has 2 aromatic rings. The van der Waals surface area contributed by atoms with E-state index >= 15 is 0 Å². The summed E-state index contributed by atoms with van der Waals surface area (Å²) in [5.74, 6) is 1.63. The number of nitrogens with zero attached hydrogens (tertiary/aromatic N) is 3. The number of anilines is 2. The molecule has 0 unspecified atom stereocenters. The highest BCUT2D eigenvalue weighted by Crippen LogP contribution is 2.26. The average Bonchev–Trinajstić information content (AvgIpc) is 2.62. The van der Waals surface area contributed by atoms with Crippen LogP contribution in [0.5, 0.6) is 5.75 Å². The Morgan fingerprint density at radius 2 is 1.96 bits per heavy atom. The maximum atomic E-state index is 12.7. The van der Waals surface area contributed by atoms with Crippen molar-refractivity contribution in [3.63, 3.8) is 0 Å². The van der Waals surface area contributed by atoms with Crippen molar-refractivity contribution >= 4 is 17.4 Å². The molecule has 2 heterocycles. The van der Waals surface area contributed by atoms with Gasteiger partial charge in [0.2, 0.25) is 0 Å². The molecule has 0 spiro atoms. The Hall–Kier alpha value is -2.67. The summed E-state index contributed by atoms with van der Waals surface area (Å²) in [6, 6.07) is 7.35. The number of rotatable bonds is 4. The van der Waals surface area contributed by atoms with E-state index in [0.717, 1.165) is 24.5 Å². The topological polar surface area (TPSA) is 76.6 Å². The highest BCUT2D eigenvalue weighted by Gasteiger charge is 2.18. The molecule has 0 aliphatic carbocycles. The number of carbonyl (C=O) groups is 1. The number of methoxy groups -OCH3 is 1. The van der Waals surface area contributed by atoms with Gasteiger partial charge in [-0.3, -0.25) is 4.79 Å². The second-order valence-electron chi connectivity index (χ2n) is 5.92. The smallest absolute Gasteiger partial charge is 0.274 e. The summed E-state index contributed by atoms with van der Waals surface area (Å²) in [6.07, 6.45) is 0. The van der Waals surface area contributed by atoms with E-state index in [0.29, 0.717) is 36.2 Å². The molecule has 25 heavy (non-hydrogen) atoms. The molecule has 3 rings (SSSR count). The molecule has 132 valence electrons. The number of hydrogen-bond donors (Lipinski definition) is 1. The van der Waals surface area contributed by atoms with Gasteiger partial charge in [0.15, 0.2) is 0 Å². The van der Waals surface area contributed by atoms with Crippen LogP contribution in [-0.4, -0.2) is 49.3 Å². The van der Waals surface area contributed by atoms with E-state index in [2.05, 4.69) is 20.2 Å². The van der Waals surface area contributed by atoms with Crippen LogP contribution in [0.3, 0.4) is 0 Å². The van der Waals surface area contributed by atoms with Gasteiger partial charge in [-0.25, -0.2) is 9.97 Å². The van der Waals surface area contributed by atoms with E-state index in [1.165, 1.54) is 0 Å². The molecule has 0 saturated carbocycles. The van der Waals surface area contributed by atoms with Crippen molar-refractivity contribution in [3.8, 4) is 5.75 Å². The Bertz CT molecular complexity index is 773. The molecule has 7 nitrogen and oxygen atoms in total. The number of amides is 1. The molecule has 0 atom stereocenters. The third-order valence-electron chi connectivity index (χ3n) is 4.00. The van der Waals surface area contributed by atoms with Crippen molar-refractivity contribution in [1.82, 2.24) is 9.97 Å². The Morgan fingerprint density at radius 3 is 2.68 bits per heavy atom. The third-order valence-corrected chi connectivity index (χ3v) is 4.00. The van der Waals surface area contributed by atoms with Gasteiger partial charge in [-0.05, 0) is 31.5 Å². The molecular weight excluding hydrogens is 320 g/mol. The van der Waals surface area contributed by atoms with E-state index in [1.54, 1.807) is 20.1 Å². The summed E-state index contributed by atoms with van der Waals surface area (Å²) in [7, 11) is 1.58. The maximum absolute atomic E-state index is 12.7. The number of morpholine rings is 1. The summed E-state index contributed by atoms with van der Waals surface area (Å²) in [4.78, 5) is 23.5. The van der Waals surface area contributed by atoms with Gasteiger partial charge in [0.1, 0.15) is 23.1 Å². The molecular formula is C18H22N4O3. The van der Waals surface area contributed by atoms with E-state index in [-0.39, 0.29) is 5.91 Å². The fourth-order valence-electron chi connectivity index (χ4n) is 2.73. The van der Waals surface area contributed by atoms with E-state index in [1.807, 2.05) is 25.1 Å².